The lowest BCUT2D eigenvalue weighted by Gasteiger charge is -2.25. The zero-order chi connectivity index (χ0) is 12.4. The Bertz CT molecular complexity index is 390. The molecule has 2 aliphatic rings. The average Bonchev–Trinajstić information content (AvgIpc) is 2.90. The Balaban J connectivity index is 1.71. The van der Waals surface area contributed by atoms with Crippen LogP contribution in [-0.4, -0.2) is 42.6 Å². The lowest BCUT2D eigenvalue weighted by Crippen LogP contribution is -2.37. The summed E-state index contributed by atoms with van der Waals surface area (Å²) in [5.41, 5.74) is 6.07. The maximum atomic E-state index is 6.07. The summed E-state index contributed by atoms with van der Waals surface area (Å²) in [6, 6.07) is 0.0506. The van der Waals surface area contributed by atoms with Crippen molar-refractivity contribution in [3.63, 3.8) is 0 Å². The third-order valence-electron chi connectivity index (χ3n) is 3.71. The molecule has 0 spiro atoms. The Hall–Kier alpha value is -0.980. The normalized spacial score (nSPS) is 33.5. The second-order valence-corrected chi connectivity index (χ2v) is 5.04. The molecule has 0 aliphatic carbocycles. The van der Waals surface area contributed by atoms with Gasteiger partial charge in [0.2, 0.25) is 5.89 Å². The summed E-state index contributed by atoms with van der Waals surface area (Å²) in [5.74, 6) is 1.66. The van der Waals surface area contributed by atoms with Crippen LogP contribution in [0.4, 0.5) is 0 Å². The molecule has 3 unspecified atom stereocenters. The first kappa shape index (κ1) is 12.1. The topological polar surface area (TPSA) is 83.4 Å². The van der Waals surface area contributed by atoms with E-state index in [1.54, 1.807) is 0 Å². The van der Waals surface area contributed by atoms with Gasteiger partial charge in [-0.2, -0.15) is 4.98 Å². The monoisotopic (exact) mass is 253 g/mol. The molecule has 2 saturated heterocycles. The highest BCUT2D eigenvalue weighted by atomic mass is 16.5. The highest BCUT2D eigenvalue weighted by molar-refractivity contribution is 5.03. The number of nitrogens with two attached hydrogens (primary N) is 1. The molecule has 3 rings (SSSR count). The van der Waals surface area contributed by atoms with Gasteiger partial charge in [0.1, 0.15) is 0 Å². The number of nitrogens with zero attached hydrogens (tertiary/aromatic N) is 2. The molecular weight excluding hydrogens is 234 g/mol. The van der Waals surface area contributed by atoms with Crippen molar-refractivity contribution in [2.75, 3.05) is 26.4 Å². The summed E-state index contributed by atoms with van der Waals surface area (Å²) in [7, 11) is 0. The lowest BCUT2D eigenvalue weighted by atomic mass is 9.96. The van der Waals surface area contributed by atoms with E-state index >= 15 is 0 Å². The van der Waals surface area contributed by atoms with E-state index in [1.807, 2.05) is 0 Å². The van der Waals surface area contributed by atoms with Crippen LogP contribution < -0.4 is 5.73 Å². The predicted molar refractivity (Wildman–Crippen MR) is 63.2 cm³/mol. The van der Waals surface area contributed by atoms with Crippen LogP contribution in [0.1, 0.15) is 42.8 Å². The zero-order valence-corrected chi connectivity index (χ0v) is 10.4. The van der Waals surface area contributed by atoms with Crippen LogP contribution in [0, 0.1) is 0 Å². The fourth-order valence-electron chi connectivity index (χ4n) is 2.52. The minimum absolute atomic E-state index is 0.0320. The van der Waals surface area contributed by atoms with E-state index < -0.39 is 0 Å². The van der Waals surface area contributed by atoms with Gasteiger partial charge in [-0.1, -0.05) is 5.16 Å². The van der Waals surface area contributed by atoms with Crippen molar-refractivity contribution < 1.29 is 14.0 Å². The predicted octanol–water partition coefficient (Wildman–Crippen LogP) is 0.795. The van der Waals surface area contributed by atoms with Crippen LogP contribution in [0.3, 0.4) is 0 Å². The van der Waals surface area contributed by atoms with E-state index in [4.69, 9.17) is 19.7 Å². The van der Waals surface area contributed by atoms with Crippen LogP contribution in [0.5, 0.6) is 0 Å². The number of rotatable bonds is 2. The number of ether oxygens (including phenoxy) is 2. The van der Waals surface area contributed by atoms with E-state index in [1.165, 1.54) is 0 Å². The van der Waals surface area contributed by atoms with E-state index in [2.05, 4.69) is 10.1 Å². The highest BCUT2D eigenvalue weighted by Crippen LogP contribution is 2.27. The first-order valence-corrected chi connectivity index (χ1v) is 6.59. The molecule has 0 amide bonds. The first-order valence-electron chi connectivity index (χ1n) is 6.59. The molecule has 1 aromatic rings. The Labute approximate surface area is 106 Å². The van der Waals surface area contributed by atoms with Gasteiger partial charge in [-0.05, 0) is 19.3 Å². The zero-order valence-electron chi connectivity index (χ0n) is 10.4. The molecule has 0 saturated carbocycles. The quantitative estimate of drug-likeness (QED) is 0.839. The Kier molecular flexibility index (Phi) is 3.58. The van der Waals surface area contributed by atoms with Crippen LogP contribution >= 0.6 is 0 Å². The van der Waals surface area contributed by atoms with Gasteiger partial charge in [0.15, 0.2) is 5.82 Å². The van der Waals surface area contributed by atoms with Gasteiger partial charge in [-0.15, -0.1) is 0 Å². The molecule has 2 aliphatic heterocycles. The maximum absolute atomic E-state index is 6.07. The van der Waals surface area contributed by atoms with Gasteiger partial charge in [0.05, 0.1) is 19.1 Å². The van der Waals surface area contributed by atoms with Crippen LogP contribution in [0.15, 0.2) is 4.52 Å². The van der Waals surface area contributed by atoms with Crippen molar-refractivity contribution in [1.29, 1.82) is 0 Å². The molecule has 0 bridgehead atoms. The summed E-state index contributed by atoms with van der Waals surface area (Å²) in [5, 5.41) is 4.07. The Morgan fingerprint density at radius 3 is 2.78 bits per heavy atom. The fourth-order valence-corrected chi connectivity index (χ4v) is 2.52. The molecular formula is C12H19N3O3. The van der Waals surface area contributed by atoms with Crippen molar-refractivity contribution in [3.8, 4) is 0 Å². The lowest BCUT2D eigenvalue weighted by molar-refractivity contribution is 0.0589. The molecule has 3 atom stereocenters. The van der Waals surface area contributed by atoms with Gasteiger partial charge >= 0.3 is 0 Å². The highest BCUT2D eigenvalue weighted by Gasteiger charge is 2.30. The second-order valence-electron chi connectivity index (χ2n) is 5.04. The van der Waals surface area contributed by atoms with Gasteiger partial charge in [-0.3, -0.25) is 0 Å². The smallest absolute Gasteiger partial charge is 0.233 e. The molecule has 18 heavy (non-hydrogen) atoms. The number of hydrogen-bond donors (Lipinski definition) is 1. The van der Waals surface area contributed by atoms with Gasteiger partial charge < -0.3 is 19.7 Å². The first-order chi connectivity index (χ1) is 8.84. The van der Waals surface area contributed by atoms with Gasteiger partial charge in [0, 0.05) is 25.2 Å². The Morgan fingerprint density at radius 1 is 1.11 bits per heavy atom. The summed E-state index contributed by atoms with van der Waals surface area (Å²) in [4.78, 5) is 4.49. The molecule has 6 heteroatoms. The minimum atomic E-state index is 0.0320. The molecule has 6 nitrogen and oxygen atoms in total. The van der Waals surface area contributed by atoms with Crippen molar-refractivity contribution in [2.24, 2.45) is 5.73 Å². The van der Waals surface area contributed by atoms with E-state index in [-0.39, 0.29) is 17.9 Å². The maximum Gasteiger partial charge on any atom is 0.233 e. The van der Waals surface area contributed by atoms with E-state index in [9.17, 15) is 0 Å². The van der Waals surface area contributed by atoms with Crippen LogP contribution in [0.25, 0.3) is 0 Å². The Morgan fingerprint density at radius 2 is 2.00 bits per heavy atom. The van der Waals surface area contributed by atoms with Crippen molar-refractivity contribution in [1.82, 2.24) is 10.1 Å². The molecule has 2 fully saturated rings. The number of aromatic nitrogens is 2. The third kappa shape index (κ3) is 2.41. The van der Waals surface area contributed by atoms with Crippen LogP contribution in [0.2, 0.25) is 0 Å². The van der Waals surface area contributed by atoms with Crippen molar-refractivity contribution >= 4 is 0 Å². The van der Waals surface area contributed by atoms with Crippen molar-refractivity contribution in [2.45, 2.75) is 37.1 Å². The summed E-state index contributed by atoms with van der Waals surface area (Å²) in [6.45, 7) is 2.81. The fraction of sp³-hybridized carbons (Fsp3) is 0.833. The molecule has 0 radical (unpaired) electrons. The van der Waals surface area contributed by atoms with Gasteiger partial charge in [-0.25, -0.2) is 0 Å². The summed E-state index contributed by atoms with van der Waals surface area (Å²) < 4.78 is 16.2. The largest absolute Gasteiger partial charge is 0.381 e. The standard InChI is InChI=1S/C12H19N3O3/c13-10-3-5-17-7-9(10)12-14-11(15-18-12)8-2-1-4-16-6-8/h8-10H,1-7,13H2. The SMILES string of the molecule is NC1CCOCC1c1nc(C2CCCOC2)no1. The van der Waals surface area contributed by atoms with Crippen molar-refractivity contribution in [3.05, 3.63) is 11.7 Å². The third-order valence-corrected chi connectivity index (χ3v) is 3.71. The van der Waals surface area contributed by atoms with E-state index in [0.717, 1.165) is 38.3 Å². The number of hydrogen-bond acceptors (Lipinski definition) is 6. The molecule has 100 valence electrons. The summed E-state index contributed by atoms with van der Waals surface area (Å²) in [6.07, 6.45) is 2.96. The molecule has 3 heterocycles. The second kappa shape index (κ2) is 5.34. The van der Waals surface area contributed by atoms with Crippen LogP contribution in [-0.2, 0) is 9.47 Å². The average molecular weight is 253 g/mol. The van der Waals surface area contributed by atoms with Gasteiger partial charge in [0.25, 0.3) is 0 Å². The molecule has 2 N–H and O–H groups in total. The molecule has 1 aromatic heterocycles. The molecule has 0 aromatic carbocycles. The minimum Gasteiger partial charge on any atom is -0.381 e. The van der Waals surface area contributed by atoms with E-state index in [0.29, 0.717) is 19.1 Å². The summed E-state index contributed by atoms with van der Waals surface area (Å²) >= 11 is 0.